The summed E-state index contributed by atoms with van der Waals surface area (Å²) >= 11 is 0. The third-order valence-corrected chi connectivity index (χ3v) is 8.81. The Bertz CT molecular complexity index is 1630. The lowest BCUT2D eigenvalue weighted by molar-refractivity contribution is 0.122. The fourth-order valence-electron chi connectivity index (χ4n) is 6.46. The summed E-state index contributed by atoms with van der Waals surface area (Å²) in [5, 5.41) is 7.19. The highest BCUT2D eigenvalue weighted by atomic mass is 16.5. The zero-order chi connectivity index (χ0) is 28.3. The number of ether oxygens (including phenoxy) is 1. The van der Waals surface area contributed by atoms with Crippen molar-refractivity contribution in [2.24, 2.45) is 0 Å². The lowest BCUT2D eigenvalue weighted by Crippen LogP contribution is -2.37. The summed E-state index contributed by atoms with van der Waals surface area (Å²) < 4.78 is 10.2. The quantitative estimate of drug-likeness (QED) is 0.212. The highest BCUT2D eigenvalue weighted by Gasteiger charge is 2.26. The number of fused-ring (bicyclic) bond motifs is 2. The Hall–Kier alpha value is -3.82. The first-order valence-corrected chi connectivity index (χ1v) is 15.6. The van der Waals surface area contributed by atoms with E-state index >= 15 is 0 Å². The van der Waals surface area contributed by atoms with Crippen molar-refractivity contribution >= 4 is 27.8 Å². The maximum Gasteiger partial charge on any atom is 0.164 e. The van der Waals surface area contributed by atoms with E-state index in [0.29, 0.717) is 19.3 Å². The first kappa shape index (κ1) is 27.0. The molecule has 0 saturated carbocycles. The van der Waals surface area contributed by atoms with Gasteiger partial charge in [0.25, 0.3) is 0 Å². The normalized spacial score (nSPS) is 17.0. The second-order valence-corrected chi connectivity index (χ2v) is 11.7. The molecule has 2 fully saturated rings. The molecule has 0 aliphatic carbocycles. The van der Waals surface area contributed by atoms with Gasteiger partial charge in [0.15, 0.2) is 11.5 Å². The van der Waals surface area contributed by atoms with Gasteiger partial charge in [0.2, 0.25) is 0 Å². The highest BCUT2D eigenvalue weighted by molar-refractivity contribution is 5.90. The summed E-state index contributed by atoms with van der Waals surface area (Å²) in [7, 11) is 0. The molecule has 0 unspecified atom stereocenters. The highest BCUT2D eigenvalue weighted by Crippen LogP contribution is 2.33. The second-order valence-electron chi connectivity index (χ2n) is 11.7. The van der Waals surface area contributed by atoms with E-state index in [1.54, 1.807) is 0 Å². The molecular weight excluding hydrogens is 524 g/mol. The number of morpholine rings is 1. The minimum Gasteiger partial charge on any atom is -0.378 e. The summed E-state index contributed by atoms with van der Waals surface area (Å²) in [5.74, 6) is 1.73. The van der Waals surface area contributed by atoms with Crippen molar-refractivity contribution in [1.82, 2.24) is 34.2 Å². The number of piperidine rings is 1. The SMILES string of the molecule is CCCCCn1ccc2cc(-c3nc(N4CCOCC4)c4cnn(C5CCN(Cc6cccnc6)CC5)c4n3)ccc21. The van der Waals surface area contributed by atoms with Crippen LogP contribution >= 0.6 is 0 Å². The molecule has 0 amide bonds. The minimum absolute atomic E-state index is 0.313. The number of hydrogen-bond acceptors (Lipinski definition) is 7. The molecule has 4 aromatic heterocycles. The number of benzene rings is 1. The van der Waals surface area contributed by atoms with Crippen LogP contribution in [0, 0.1) is 0 Å². The van der Waals surface area contributed by atoms with Crippen LogP contribution in [0.5, 0.6) is 0 Å². The van der Waals surface area contributed by atoms with Gasteiger partial charge in [0, 0.05) is 74.3 Å². The first-order valence-electron chi connectivity index (χ1n) is 15.6. The van der Waals surface area contributed by atoms with Gasteiger partial charge < -0.3 is 14.2 Å². The Balaban J connectivity index is 1.20. The van der Waals surface area contributed by atoms with Crippen molar-refractivity contribution in [3.05, 3.63) is 66.7 Å². The van der Waals surface area contributed by atoms with Gasteiger partial charge in [0.05, 0.1) is 30.8 Å². The minimum atomic E-state index is 0.313. The molecule has 6 heterocycles. The van der Waals surface area contributed by atoms with Crippen LogP contribution in [0.3, 0.4) is 0 Å². The van der Waals surface area contributed by atoms with E-state index in [1.165, 1.54) is 35.7 Å². The lowest BCUT2D eigenvalue weighted by Gasteiger charge is -2.32. The van der Waals surface area contributed by atoms with Crippen LogP contribution in [0.25, 0.3) is 33.3 Å². The smallest absolute Gasteiger partial charge is 0.164 e. The average Bonchev–Trinajstić information content (AvgIpc) is 3.66. The largest absolute Gasteiger partial charge is 0.378 e. The van der Waals surface area contributed by atoms with Crippen LogP contribution in [0.4, 0.5) is 5.82 Å². The van der Waals surface area contributed by atoms with Crippen molar-refractivity contribution in [3.8, 4) is 11.4 Å². The number of anilines is 1. The number of aromatic nitrogens is 6. The van der Waals surface area contributed by atoms with E-state index in [2.05, 4.69) is 67.5 Å². The van der Waals surface area contributed by atoms with Gasteiger partial charge in [-0.25, -0.2) is 14.6 Å². The Morgan fingerprint density at radius 2 is 1.83 bits per heavy atom. The molecule has 0 spiro atoms. The van der Waals surface area contributed by atoms with Gasteiger partial charge in [0.1, 0.15) is 5.82 Å². The molecular formula is C33H40N8O. The summed E-state index contributed by atoms with van der Waals surface area (Å²) in [6, 6.07) is 13.4. The van der Waals surface area contributed by atoms with Crippen molar-refractivity contribution in [2.75, 3.05) is 44.3 Å². The molecule has 0 bridgehead atoms. The van der Waals surface area contributed by atoms with Gasteiger partial charge in [-0.3, -0.25) is 9.88 Å². The van der Waals surface area contributed by atoms with E-state index < -0.39 is 0 Å². The van der Waals surface area contributed by atoms with Crippen LogP contribution in [-0.2, 0) is 17.8 Å². The average molecular weight is 565 g/mol. The lowest BCUT2D eigenvalue weighted by atomic mass is 10.0. The zero-order valence-electron chi connectivity index (χ0n) is 24.5. The van der Waals surface area contributed by atoms with Gasteiger partial charge in [-0.1, -0.05) is 25.8 Å². The summed E-state index contributed by atoms with van der Waals surface area (Å²) in [5.41, 5.74) is 4.52. The Kier molecular flexibility index (Phi) is 7.85. The molecule has 5 aromatic rings. The van der Waals surface area contributed by atoms with E-state index in [0.717, 1.165) is 80.3 Å². The summed E-state index contributed by atoms with van der Waals surface area (Å²) in [6.45, 7) is 9.37. The standard InChI is InChI=1S/C33H40N8O/c1-2-3-4-13-39-16-9-26-21-27(7-8-30(26)39)31-36-32(40-17-19-42-20-18-40)29-23-35-41(33(29)37-31)28-10-14-38(15-11-28)24-25-6-5-12-34-22-25/h5-9,12,16,21-23,28H,2-4,10-11,13-15,17-20,24H2,1H3. The second kappa shape index (κ2) is 12.2. The first-order chi connectivity index (χ1) is 20.8. The molecule has 0 radical (unpaired) electrons. The van der Waals surface area contributed by atoms with Crippen LogP contribution in [-0.4, -0.2) is 73.6 Å². The Morgan fingerprint density at radius 1 is 0.952 bits per heavy atom. The van der Waals surface area contributed by atoms with Crippen LogP contribution in [0.1, 0.15) is 50.6 Å². The number of rotatable bonds is 9. The molecule has 1 aromatic carbocycles. The van der Waals surface area contributed by atoms with Gasteiger partial charge in [-0.15, -0.1) is 0 Å². The van der Waals surface area contributed by atoms with E-state index in [9.17, 15) is 0 Å². The zero-order valence-corrected chi connectivity index (χ0v) is 24.5. The predicted octanol–water partition coefficient (Wildman–Crippen LogP) is 5.71. The number of unbranched alkanes of at least 4 members (excludes halogenated alkanes) is 2. The summed E-state index contributed by atoms with van der Waals surface area (Å²) in [6.07, 6.45) is 13.8. The van der Waals surface area contributed by atoms with Crippen molar-refractivity contribution in [1.29, 1.82) is 0 Å². The van der Waals surface area contributed by atoms with Crippen LogP contribution in [0.2, 0.25) is 0 Å². The van der Waals surface area contributed by atoms with Gasteiger partial charge in [-0.2, -0.15) is 5.10 Å². The Labute approximate surface area is 247 Å². The predicted molar refractivity (Wildman–Crippen MR) is 167 cm³/mol. The van der Waals surface area contributed by atoms with Crippen LogP contribution < -0.4 is 4.90 Å². The molecule has 2 aliphatic rings. The number of aryl methyl sites for hydroxylation is 1. The number of hydrogen-bond donors (Lipinski definition) is 0. The maximum absolute atomic E-state index is 5.67. The molecule has 9 nitrogen and oxygen atoms in total. The van der Waals surface area contributed by atoms with Gasteiger partial charge in [-0.05, 0) is 55.2 Å². The van der Waals surface area contributed by atoms with E-state index in [1.807, 2.05) is 24.7 Å². The molecule has 0 atom stereocenters. The molecule has 2 aliphatic heterocycles. The number of pyridine rings is 1. The number of likely N-dealkylation sites (tertiary alicyclic amines) is 1. The van der Waals surface area contributed by atoms with E-state index in [-0.39, 0.29) is 0 Å². The van der Waals surface area contributed by atoms with Gasteiger partial charge >= 0.3 is 0 Å². The molecule has 0 N–H and O–H groups in total. The number of nitrogens with zero attached hydrogens (tertiary/aromatic N) is 8. The monoisotopic (exact) mass is 564 g/mol. The van der Waals surface area contributed by atoms with Crippen molar-refractivity contribution in [2.45, 2.75) is 58.2 Å². The third kappa shape index (κ3) is 5.51. The van der Waals surface area contributed by atoms with Crippen molar-refractivity contribution in [3.63, 3.8) is 0 Å². The van der Waals surface area contributed by atoms with E-state index in [4.69, 9.17) is 19.8 Å². The third-order valence-electron chi connectivity index (χ3n) is 8.81. The van der Waals surface area contributed by atoms with Crippen molar-refractivity contribution < 1.29 is 4.74 Å². The topological polar surface area (TPSA) is 77.1 Å². The fourth-order valence-corrected chi connectivity index (χ4v) is 6.46. The molecule has 9 heteroatoms. The Morgan fingerprint density at radius 3 is 2.64 bits per heavy atom. The summed E-state index contributed by atoms with van der Waals surface area (Å²) in [4.78, 5) is 19.5. The molecule has 7 rings (SSSR count). The fraction of sp³-hybridized carbons (Fsp3) is 0.455. The molecule has 42 heavy (non-hydrogen) atoms. The maximum atomic E-state index is 5.67. The molecule has 2 saturated heterocycles. The molecule has 218 valence electrons. The van der Waals surface area contributed by atoms with Crippen LogP contribution in [0.15, 0.2) is 61.2 Å².